The van der Waals surface area contributed by atoms with Crippen LogP contribution >= 0.6 is 11.6 Å². The average Bonchev–Trinajstić information content (AvgIpc) is 2.13. The van der Waals surface area contributed by atoms with E-state index in [9.17, 15) is 9.18 Å². The summed E-state index contributed by atoms with van der Waals surface area (Å²) >= 11 is 5.55. The topological polar surface area (TPSA) is 17.1 Å². The lowest BCUT2D eigenvalue weighted by Crippen LogP contribution is -2.03. The number of Topliss-reactive ketones (excluding diaryl/α,β-unsaturated/α-hetero) is 1. The molecule has 0 atom stereocenters. The molecule has 1 aromatic carbocycles. The number of carbonyl (C=O) groups excluding carboxylic acids is 1. The Labute approximate surface area is 86.9 Å². The van der Waals surface area contributed by atoms with Crippen LogP contribution in [-0.4, -0.2) is 5.78 Å². The van der Waals surface area contributed by atoms with Crippen LogP contribution in [0.4, 0.5) is 4.39 Å². The van der Waals surface area contributed by atoms with Crippen LogP contribution < -0.4 is 0 Å². The summed E-state index contributed by atoms with van der Waals surface area (Å²) in [6.07, 6.45) is 4.98. The van der Waals surface area contributed by atoms with Gasteiger partial charge in [0.25, 0.3) is 0 Å². The van der Waals surface area contributed by atoms with Crippen molar-refractivity contribution in [1.82, 2.24) is 0 Å². The van der Waals surface area contributed by atoms with Crippen LogP contribution in [0.5, 0.6) is 0 Å². The van der Waals surface area contributed by atoms with Crippen molar-refractivity contribution in [2.45, 2.75) is 12.8 Å². The van der Waals surface area contributed by atoms with Crippen molar-refractivity contribution in [2.75, 3.05) is 0 Å². The number of carbonyl (C=O) groups is 1. The van der Waals surface area contributed by atoms with Crippen LogP contribution in [0.15, 0.2) is 18.2 Å². The van der Waals surface area contributed by atoms with Gasteiger partial charge in [0.05, 0.1) is 11.4 Å². The molecular formula is C11H8ClFO. The van der Waals surface area contributed by atoms with E-state index in [1.165, 1.54) is 12.1 Å². The molecular weight excluding hydrogens is 203 g/mol. The summed E-state index contributed by atoms with van der Waals surface area (Å²) in [6.45, 7) is 0. The van der Waals surface area contributed by atoms with E-state index < -0.39 is 5.82 Å². The molecule has 1 nitrogen and oxygen atoms in total. The van der Waals surface area contributed by atoms with E-state index in [1.807, 2.05) is 0 Å². The predicted molar refractivity (Wildman–Crippen MR) is 53.6 cm³/mol. The largest absolute Gasteiger partial charge is 0.298 e. The molecule has 72 valence electrons. The normalized spacial score (nSPS) is 9.50. The fraction of sp³-hybridized carbons (Fsp3) is 0.182. The summed E-state index contributed by atoms with van der Waals surface area (Å²) in [5, 5.41) is 0.0241. The summed E-state index contributed by atoms with van der Waals surface area (Å²) in [7, 11) is 0. The lowest BCUT2D eigenvalue weighted by Gasteiger charge is -2.01. The Hall–Kier alpha value is -1.33. The van der Waals surface area contributed by atoms with Crippen molar-refractivity contribution in [3.8, 4) is 12.3 Å². The highest BCUT2D eigenvalue weighted by Crippen LogP contribution is 2.18. The van der Waals surface area contributed by atoms with E-state index in [1.54, 1.807) is 6.07 Å². The van der Waals surface area contributed by atoms with Gasteiger partial charge in [-0.1, -0.05) is 29.7 Å². The fourth-order valence-electron chi connectivity index (χ4n) is 1.07. The number of rotatable bonds is 3. The highest BCUT2D eigenvalue weighted by molar-refractivity contribution is 6.30. The summed E-state index contributed by atoms with van der Waals surface area (Å²) < 4.78 is 13.3. The van der Waals surface area contributed by atoms with Crippen LogP contribution in [0, 0.1) is 18.2 Å². The number of benzene rings is 1. The Morgan fingerprint density at radius 1 is 1.57 bits per heavy atom. The summed E-state index contributed by atoms with van der Waals surface area (Å²) in [5.41, 5.74) is 0.290. The van der Waals surface area contributed by atoms with Crippen LogP contribution in [0.2, 0.25) is 5.02 Å². The minimum absolute atomic E-state index is 0.00338. The second-order valence-electron chi connectivity index (χ2n) is 2.81. The molecule has 0 heterocycles. The van der Waals surface area contributed by atoms with Gasteiger partial charge in [0.2, 0.25) is 0 Å². The van der Waals surface area contributed by atoms with Gasteiger partial charge in [-0.2, -0.15) is 0 Å². The average molecular weight is 211 g/mol. The zero-order chi connectivity index (χ0) is 10.6. The lowest BCUT2D eigenvalue weighted by atomic mass is 10.1. The molecule has 0 aliphatic heterocycles. The van der Waals surface area contributed by atoms with Crippen molar-refractivity contribution < 1.29 is 9.18 Å². The molecule has 0 spiro atoms. The second kappa shape index (κ2) is 4.78. The minimum Gasteiger partial charge on any atom is -0.298 e. The van der Waals surface area contributed by atoms with Crippen molar-refractivity contribution in [2.24, 2.45) is 0 Å². The van der Waals surface area contributed by atoms with E-state index in [0.29, 0.717) is 0 Å². The van der Waals surface area contributed by atoms with Gasteiger partial charge in [-0.05, 0) is 11.6 Å². The Morgan fingerprint density at radius 3 is 2.93 bits per heavy atom. The number of hydrogen-bond donors (Lipinski definition) is 0. The third kappa shape index (κ3) is 2.58. The van der Waals surface area contributed by atoms with Crippen molar-refractivity contribution in [3.63, 3.8) is 0 Å². The maximum atomic E-state index is 13.3. The number of ketones is 1. The number of halogens is 2. The molecule has 0 fully saturated rings. The third-order valence-corrected chi connectivity index (χ3v) is 2.01. The molecule has 1 rings (SSSR count). The first-order valence-electron chi connectivity index (χ1n) is 4.03. The maximum absolute atomic E-state index is 13.3. The maximum Gasteiger partial charge on any atom is 0.149 e. The first-order valence-corrected chi connectivity index (χ1v) is 4.41. The van der Waals surface area contributed by atoms with Gasteiger partial charge in [0.15, 0.2) is 0 Å². The zero-order valence-corrected chi connectivity index (χ0v) is 8.14. The van der Waals surface area contributed by atoms with Crippen molar-refractivity contribution in [3.05, 3.63) is 34.6 Å². The molecule has 0 bridgehead atoms. The monoisotopic (exact) mass is 210 g/mol. The number of terminal acetylenes is 1. The quantitative estimate of drug-likeness (QED) is 0.701. The standard InChI is InChI=1S/C11H8ClFO/c1-2-4-9(14)7-8-5-3-6-10(12)11(8)13/h1,3,5-6H,4,7H2. The first kappa shape index (κ1) is 10.7. The molecule has 0 N–H and O–H groups in total. The fourth-order valence-corrected chi connectivity index (χ4v) is 1.27. The summed E-state index contributed by atoms with van der Waals surface area (Å²) in [4.78, 5) is 11.1. The highest BCUT2D eigenvalue weighted by Gasteiger charge is 2.09. The number of hydrogen-bond acceptors (Lipinski definition) is 1. The van der Waals surface area contributed by atoms with Crippen molar-refractivity contribution in [1.29, 1.82) is 0 Å². The van der Waals surface area contributed by atoms with Crippen LogP contribution in [0.3, 0.4) is 0 Å². The summed E-state index contributed by atoms with van der Waals surface area (Å²) in [5.74, 6) is 1.49. The molecule has 0 saturated carbocycles. The molecule has 0 aliphatic rings. The zero-order valence-electron chi connectivity index (χ0n) is 7.39. The molecule has 0 aromatic heterocycles. The Balaban J connectivity index is 2.83. The highest BCUT2D eigenvalue weighted by atomic mass is 35.5. The van der Waals surface area contributed by atoms with Gasteiger partial charge in [-0.15, -0.1) is 6.42 Å². The third-order valence-electron chi connectivity index (χ3n) is 1.72. The smallest absolute Gasteiger partial charge is 0.149 e. The molecule has 0 saturated heterocycles. The van der Waals surface area contributed by atoms with Gasteiger partial charge in [0, 0.05) is 6.42 Å². The Kier molecular flexibility index (Phi) is 3.67. The molecule has 0 amide bonds. The molecule has 3 heteroatoms. The van der Waals surface area contributed by atoms with E-state index in [0.717, 1.165) is 0 Å². The predicted octanol–water partition coefficient (Wildman–Crippen LogP) is 2.61. The van der Waals surface area contributed by atoms with Crippen LogP contribution in [0.1, 0.15) is 12.0 Å². The van der Waals surface area contributed by atoms with Gasteiger partial charge >= 0.3 is 0 Å². The van der Waals surface area contributed by atoms with Crippen molar-refractivity contribution >= 4 is 17.4 Å². The molecule has 0 aliphatic carbocycles. The first-order chi connectivity index (χ1) is 6.65. The molecule has 14 heavy (non-hydrogen) atoms. The molecule has 0 radical (unpaired) electrons. The molecule has 1 aromatic rings. The van der Waals surface area contributed by atoms with Gasteiger partial charge in [0.1, 0.15) is 11.6 Å². The SMILES string of the molecule is C#CCC(=O)Cc1cccc(Cl)c1F. The summed E-state index contributed by atoms with van der Waals surface area (Å²) in [6, 6.07) is 4.56. The Bertz CT molecular complexity index is 393. The minimum atomic E-state index is -0.542. The molecule has 0 unspecified atom stereocenters. The van der Waals surface area contributed by atoms with Gasteiger partial charge in [-0.25, -0.2) is 4.39 Å². The lowest BCUT2D eigenvalue weighted by molar-refractivity contribution is -0.117. The van der Waals surface area contributed by atoms with Crippen LogP contribution in [0.25, 0.3) is 0 Å². The van der Waals surface area contributed by atoms with E-state index >= 15 is 0 Å². The van der Waals surface area contributed by atoms with E-state index in [-0.39, 0.29) is 29.2 Å². The van der Waals surface area contributed by atoms with E-state index in [4.69, 9.17) is 18.0 Å². The van der Waals surface area contributed by atoms with Gasteiger partial charge in [-0.3, -0.25) is 4.79 Å². The second-order valence-corrected chi connectivity index (χ2v) is 3.22. The Morgan fingerprint density at radius 2 is 2.29 bits per heavy atom. The van der Waals surface area contributed by atoms with Crippen LogP contribution in [-0.2, 0) is 11.2 Å². The van der Waals surface area contributed by atoms with E-state index in [2.05, 4.69) is 5.92 Å². The van der Waals surface area contributed by atoms with Gasteiger partial charge < -0.3 is 0 Å².